The number of aromatic hydroxyl groups is 1. The number of allylic oxidation sites excluding steroid dienone is 2. The summed E-state index contributed by atoms with van der Waals surface area (Å²) in [6, 6.07) is 24.8. The van der Waals surface area contributed by atoms with Crippen molar-refractivity contribution in [3.63, 3.8) is 0 Å². The van der Waals surface area contributed by atoms with E-state index in [1.165, 1.54) is 21.6 Å². The van der Waals surface area contributed by atoms with Gasteiger partial charge in [-0.05, 0) is 147 Å². The molecule has 2 saturated carbocycles. The highest BCUT2D eigenvalue weighted by Crippen LogP contribution is 2.56. The van der Waals surface area contributed by atoms with Gasteiger partial charge in [0.1, 0.15) is 12.0 Å². The number of phenols is 1. The van der Waals surface area contributed by atoms with Crippen LogP contribution in [0.2, 0.25) is 0 Å². The third-order valence-electron chi connectivity index (χ3n) is 15.6. The molecule has 6 aliphatic carbocycles. The Balaban J connectivity index is 1.14. The molecule has 0 aliphatic heterocycles. The minimum Gasteiger partial charge on any atom is -0.508 e. The monoisotopic (exact) mass is 797 g/mol. The molecule has 7 heteroatoms. The number of aliphatic hydroxyl groups excluding tert-OH is 1. The summed E-state index contributed by atoms with van der Waals surface area (Å²) in [4.78, 5) is 26.1. The van der Waals surface area contributed by atoms with Crippen molar-refractivity contribution in [2.45, 2.75) is 113 Å². The van der Waals surface area contributed by atoms with Gasteiger partial charge >= 0.3 is 5.97 Å². The number of carboxylic acids is 1. The minimum absolute atomic E-state index is 0.0377. The topological polar surface area (TPSA) is 141 Å². The lowest BCUT2D eigenvalue weighted by Gasteiger charge is -2.51. The fourth-order valence-electron chi connectivity index (χ4n) is 12.6. The number of nitrogens with two attached hydrogens (primary N) is 1. The Bertz CT molecular complexity index is 2170. The molecule has 3 aromatic rings. The summed E-state index contributed by atoms with van der Waals surface area (Å²) in [6.07, 6.45) is 21.2. The maximum absolute atomic E-state index is 13.8. The SMILES string of the molecule is NCCC1=C[C@@H]([C@@H](C=O)CCCCC[C@@H]2C/C3=C/[C@@H](C(O)O)[C@@H](C(=O)O)[C@@]4(CC[C@@H]5C=c6ccccc6=C[C@@H]5C4)c4cccc(c4)C[C@]2(c2ccc(O)cc2)CC3)CC1. The number of carbonyl (C=O) groups is 2. The Morgan fingerprint density at radius 3 is 2.34 bits per heavy atom. The second-order valence-electron chi connectivity index (χ2n) is 18.8. The number of aliphatic carboxylic acids is 1. The van der Waals surface area contributed by atoms with E-state index in [0.717, 1.165) is 106 Å². The van der Waals surface area contributed by atoms with E-state index in [-0.39, 0.29) is 34.8 Å². The lowest BCUT2D eigenvalue weighted by molar-refractivity contribution is -0.158. The van der Waals surface area contributed by atoms with E-state index >= 15 is 0 Å². The Hall–Kier alpha value is -4.30. The second kappa shape index (κ2) is 17.7. The summed E-state index contributed by atoms with van der Waals surface area (Å²) >= 11 is 0. The predicted octanol–water partition coefficient (Wildman–Crippen LogP) is 7.62. The van der Waals surface area contributed by atoms with Gasteiger partial charge in [0.05, 0.1) is 5.92 Å². The first-order valence-corrected chi connectivity index (χ1v) is 22.4. The quantitative estimate of drug-likeness (QED) is 0.0519. The summed E-state index contributed by atoms with van der Waals surface area (Å²) in [6.45, 7) is 0.649. The number of aliphatic hydroxyl groups is 2. The van der Waals surface area contributed by atoms with Crippen molar-refractivity contribution in [3.8, 4) is 5.75 Å². The minimum atomic E-state index is -1.83. The third kappa shape index (κ3) is 8.40. The summed E-state index contributed by atoms with van der Waals surface area (Å²) in [7, 11) is 0. The highest BCUT2D eigenvalue weighted by atomic mass is 16.5. The molecule has 9 atom stereocenters. The molecular formula is C52H63NO6. The number of carboxylic acid groups (broad SMARTS) is 1. The van der Waals surface area contributed by atoms with Gasteiger partial charge < -0.3 is 31.0 Å². The summed E-state index contributed by atoms with van der Waals surface area (Å²) in [5.74, 6) is -1.81. The number of hydrogen-bond donors (Lipinski definition) is 5. The van der Waals surface area contributed by atoms with E-state index in [0.29, 0.717) is 25.3 Å². The molecule has 312 valence electrons. The zero-order valence-corrected chi connectivity index (χ0v) is 34.4. The average Bonchev–Trinajstić information content (AvgIpc) is 3.70. The first-order valence-electron chi connectivity index (χ1n) is 22.4. The lowest BCUT2D eigenvalue weighted by Crippen LogP contribution is -2.52. The van der Waals surface area contributed by atoms with Crippen LogP contribution in [-0.4, -0.2) is 45.5 Å². The van der Waals surface area contributed by atoms with Gasteiger partial charge in [0.15, 0.2) is 6.29 Å². The number of unbranched alkanes of at least 4 members (excludes halogenated alkanes) is 2. The number of phenolic OH excluding ortho intramolecular Hbond substituents is 1. The van der Waals surface area contributed by atoms with Crippen LogP contribution in [0.4, 0.5) is 0 Å². The molecule has 6 N–H and O–H groups in total. The van der Waals surface area contributed by atoms with Gasteiger partial charge in [-0.1, -0.05) is 115 Å². The molecule has 6 aliphatic rings. The van der Waals surface area contributed by atoms with Gasteiger partial charge in [-0.15, -0.1) is 0 Å². The van der Waals surface area contributed by atoms with Crippen LogP contribution in [0.3, 0.4) is 0 Å². The van der Waals surface area contributed by atoms with E-state index < -0.39 is 29.5 Å². The fraction of sp³-hybridized carbons (Fsp3) is 0.500. The predicted molar refractivity (Wildman–Crippen MR) is 232 cm³/mol. The molecule has 9 rings (SSSR count). The Morgan fingerprint density at radius 2 is 1.61 bits per heavy atom. The molecule has 4 bridgehead atoms. The molecule has 0 amide bonds. The van der Waals surface area contributed by atoms with E-state index in [1.54, 1.807) is 12.1 Å². The maximum Gasteiger partial charge on any atom is 0.308 e. The van der Waals surface area contributed by atoms with Crippen molar-refractivity contribution in [1.82, 2.24) is 0 Å². The number of carbonyl (C=O) groups excluding carboxylic acids is 1. The average molecular weight is 798 g/mol. The van der Waals surface area contributed by atoms with Crippen molar-refractivity contribution in [1.29, 1.82) is 0 Å². The molecule has 0 unspecified atom stereocenters. The van der Waals surface area contributed by atoms with Crippen LogP contribution in [0.1, 0.15) is 107 Å². The number of hydrogen-bond acceptors (Lipinski definition) is 6. The first kappa shape index (κ1) is 41.4. The number of fused-ring (bicyclic) bond motifs is 6. The van der Waals surface area contributed by atoms with Crippen molar-refractivity contribution in [2.24, 2.45) is 47.2 Å². The van der Waals surface area contributed by atoms with Crippen molar-refractivity contribution in [2.75, 3.05) is 6.54 Å². The van der Waals surface area contributed by atoms with Crippen molar-refractivity contribution in [3.05, 3.63) is 123 Å². The number of aldehydes is 1. The standard InChI is InChI=1S/C52H63NO6/c53-24-21-34-13-14-39(25-34)41(33-54)10-2-1-3-11-44-26-35-19-22-51(44,43-15-17-46(55)18-16-43)31-36-7-6-12-45(27-36)52(48(50(58)59)47(28-35)49(56)57)23-20-40-29-37-8-4-5-9-38(37)30-42(40)32-52/h4-9,12,15-18,25,27-30,33,39-42,44,47-49,55-57H,1-3,10-11,13-14,19-24,26,31-32,53H2,(H,58,59)/b35-28+/t39-,40+,41+,42+,44+,47+,48-,51-,52+/m0/s1. The normalized spacial score (nSPS) is 31.3. The molecule has 0 saturated heterocycles. The highest BCUT2D eigenvalue weighted by Gasteiger charge is 2.54. The van der Waals surface area contributed by atoms with Gasteiger partial charge in [-0.2, -0.15) is 0 Å². The lowest BCUT2D eigenvalue weighted by atomic mass is 9.52. The molecule has 0 heterocycles. The fourth-order valence-corrected chi connectivity index (χ4v) is 12.6. The van der Waals surface area contributed by atoms with Crippen LogP contribution >= 0.6 is 0 Å². The van der Waals surface area contributed by atoms with Crippen molar-refractivity contribution >= 4 is 24.4 Å². The van der Waals surface area contributed by atoms with Gasteiger partial charge in [0.25, 0.3) is 0 Å². The van der Waals surface area contributed by atoms with Crippen molar-refractivity contribution < 1.29 is 30.0 Å². The Labute approximate surface area is 349 Å². The summed E-state index contributed by atoms with van der Waals surface area (Å²) in [5.41, 5.74) is 10.6. The Kier molecular flexibility index (Phi) is 12.5. The first-order chi connectivity index (χ1) is 28.6. The van der Waals surface area contributed by atoms with Crippen LogP contribution in [0, 0.1) is 41.4 Å². The second-order valence-corrected chi connectivity index (χ2v) is 18.8. The van der Waals surface area contributed by atoms with E-state index in [1.807, 2.05) is 6.08 Å². The number of benzene rings is 3. The van der Waals surface area contributed by atoms with Crippen LogP contribution in [0.25, 0.3) is 12.2 Å². The van der Waals surface area contributed by atoms with Crippen LogP contribution < -0.4 is 16.2 Å². The molecular weight excluding hydrogens is 735 g/mol. The summed E-state index contributed by atoms with van der Waals surface area (Å²) in [5, 5.41) is 46.6. The molecule has 1 spiro atoms. The van der Waals surface area contributed by atoms with Gasteiger partial charge in [0.2, 0.25) is 0 Å². The molecule has 7 nitrogen and oxygen atoms in total. The smallest absolute Gasteiger partial charge is 0.308 e. The molecule has 2 fully saturated rings. The van der Waals surface area contributed by atoms with Crippen LogP contribution in [-0.2, 0) is 26.8 Å². The van der Waals surface area contributed by atoms with E-state index in [4.69, 9.17) is 5.73 Å². The largest absolute Gasteiger partial charge is 0.508 e. The number of rotatable bonds is 13. The van der Waals surface area contributed by atoms with Crippen LogP contribution in [0.15, 0.2) is 96.1 Å². The van der Waals surface area contributed by atoms with E-state index in [9.17, 15) is 30.0 Å². The van der Waals surface area contributed by atoms with Gasteiger partial charge in [-0.3, -0.25) is 4.79 Å². The van der Waals surface area contributed by atoms with Gasteiger partial charge in [0, 0.05) is 22.7 Å². The molecule has 0 aromatic heterocycles. The zero-order valence-electron chi connectivity index (χ0n) is 34.4. The zero-order chi connectivity index (χ0) is 41.1. The maximum atomic E-state index is 13.8. The molecule has 59 heavy (non-hydrogen) atoms. The third-order valence-corrected chi connectivity index (χ3v) is 15.6. The van der Waals surface area contributed by atoms with Gasteiger partial charge in [-0.25, -0.2) is 0 Å². The van der Waals surface area contributed by atoms with E-state index in [2.05, 4.69) is 78.9 Å². The summed E-state index contributed by atoms with van der Waals surface area (Å²) < 4.78 is 0. The molecule has 0 radical (unpaired) electrons. The Morgan fingerprint density at radius 1 is 0.831 bits per heavy atom. The highest BCUT2D eigenvalue weighted by molar-refractivity contribution is 5.74. The van der Waals surface area contributed by atoms with Crippen LogP contribution in [0.5, 0.6) is 5.75 Å². The molecule has 3 aromatic carbocycles.